The van der Waals surface area contributed by atoms with Gasteiger partial charge in [-0.2, -0.15) is 0 Å². The van der Waals surface area contributed by atoms with E-state index in [9.17, 15) is 4.79 Å². The molecule has 2 N–H and O–H groups in total. The van der Waals surface area contributed by atoms with E-state index < -0.39 is 0 Å². The summed E-state index contributed by atoms with van der Waals surface area (Å²) in [4.78, 5) is 16.1. The van der Waals surface area contributed by atoms with Crippen LogP contribution in [0.5, 0.6) is 0 Å². The highest BCUT2D eigenvalue weighted by atomic mass is 16.1. The Hall–Kier alpha value is -2.36. The van der Waals surface area contributed by atoms with Crippen LogP contribution in [0, 0.1) is 6.92 Å². The number of benzene rings is 1. The number of nitrogens with one attached hydrogen (secondary N) is 2. The molecule has 0 aliphatic heterocycles. The summed E-state index contributed by atoms with van der Waals surface area (Å²) < 4.78 is 0. The molecule has 1 aromatic carbocycles. The second-order valence-corrected chi connectivity index (χ2v) is 4.01. The van der Waals surface area contributed by atoms with Gasteiger partial charge in [0.1, 0.15) is 5.82 Å². The predicted octanol–water partition coefficient (Wildman–Crippen LogP) is 2.68. The molecule has 0 radical (unpaired) electrons. The maximum Gasteiger partial charge on any atom is 0.255 e. The zero-order valence-corrected chi connectivity index (χ0v) is 10.4. The third-order valence-corrected chi connectivity index (χ3v) is 2.56. The van der Waals surface area contributed by atoms with E-state index in [1.807, 2.05) is 37.3 Å². The van der Waals surface area contributed by atoms with Crippen molar-refractivity contribution in [1.29, 1.82) is 0 Å². The van der Waals surface area contributed by atoms with Gasteiger partial charge in [-0.1, -0.05) is 17.7 Å². The molecule has 0 aliphatic carbocycles. The zero-order valence-electron chi connectivity index (χ0n) is 10.4. The second-order valence-electron chi connectivity index (χ2n) is 4.01. The number of pyridine rings is 1. The molecule has 4 heteroatoms. The maximum absolute atomic E-state index is 12.0. The van der Waals surface area contributed by atoms with E-state index in [1.54, 1.807) is 19.3 Å². The van der Waals surface area contributed by atoms with Gasteiger partial charge in [0, 0.05) is 12.6 Å². The topological polar surface area (TPSA) is 54.0 Å². The van der Waals surface area contributed by atoms with Gasteiger partial charge in [-0.05, 0) is 31.2 Å². The zero-order chi connectivity index (χ0) is 13.0. The molecule has 0 unspecified atom stereocenters. The minimum absolute atomic E-state index is 0.127. The maximum atomic E-state index is 12.0. The molecule has 0 bridgehead atoms. The minimum atomic E-state index is -0.127. The number of aryl methyl sites for hydroxylation is 1. The number of hydrogen-bond donors (Lipinski definition) is 2. The number of rotatable bonds is 3. The Balaban J connectivity index is 2.11. The van der Waals surface area contributed by atoms with Crippen molar-refractivity contribution in [1.82, 2.24) is 4.98 Å². The van der Waals surface area contributed by atoms with Gasteiger partial charge in [-0.15, -0.1) is 0 Å². The Labute approximate surface area is 106 Å². The van der Waals surface area contributed by atoms with Crippen molar-refractivity contribution < 1.29 is 4.79 Å². The molecule has 1 heterocycles. The Bertz CT molecular complexity index is 549. The first-order valence-electron chi connectivity index (χ1n) is 5.71. The SMILES string of the molecule is CNc1ccc(NC(=O)c2cccc(C)c2)cn1. The highest BCUT2D eigenvalue weighted by Crippen LogP contribution is 2.11. The first kappa shape index (κ1) is 12.1. The lowest BCUT2D eigenvalue weighted by atomic mass is 10.1. The van der Waals surface area contributed by atoms with Crippen LogP contribution in [-0.2, 0) is 0 Å². The molecule has 0 saturated heterocycles. The van der Waals surface area contributed by atoms with Crippen LogP contribution in [0.4, 0.5) is 11.5 Å². The molecule has 4 nitrogen and oxygen atoms in total. The molecule has 0 saturated carbocycles. The summed E-state index contributed by atoms with van der Waals surface area (Å²) in [5.74, 6) is 0.640. The van der Waals surface area contributed by atoms with E-state index in [4.69, 9.17) is 0 Å². The van der Waals surface area contributed by atoms with E-state index in [2.05, 4.69) is 15.6 Å². The van der Waals surface area contributed by atoms with Crippen LogP contribution in [0.25, 0.3) is 0 Å². The fourth-order valence-electron chi connectivity index (χ4n) is 1.61. The van der Waals surface area contributed by atoms with Crippen molar-refractivity contribution in [2.45, 2.75) is 6.92 Å². The molecule has 2 rings (SSSR count). The Morgan fingerprint density at radius 2 is 2.06 bits per heavy atom. The molecule has 0 atom stereocenters. The lowest BCUT2D eigenvalue weighted by Gasteiger charge is -2.06. The van der Waals surface area contributed by atoms with Gasteiger partial charge < -0.3 is 10.6 Å². The third-order valence-electron chi connectivity index (χ3n) is 2.56. The van der Waals surface area contributed by atoms with Crippen LogP contribution in [-0.4, -0.2) is 17.9 Å². The monoisotopic (exact) mass is 241 g/mol. The number of carbonyl (C=O) groups is 1. The fraction of sp³-hybridized carbons (Fsp3) is 0.143. The van der Waals surface area contributed by atoms with Crippen LogP contribution >= 0.6 is 0 Å². The van der Waals surface area contributed by atoms with Crippen molar-refractivity contribution in [3.05, 3.63) is 53.7 Å². The van der Waals surface area contributed by atoms with Gasteiger partial charge in [0.25, 0.3) is 5.91 Å². The second kappa shape index (κ2) is 5.31. The number of anilines is 2. The Morgan fingerprint density at radius 3 is 2.67 bits per heavy atom. The highest BCUT2D eigenvalue weighted by molar-refractivity contribution is 6.04. The van der Waals surface area contributed by atoms with E-state index >= 15 is 0 Å². The van der Waals surface area contributed by atoms with Crippen LogP contribution in [0.3, 0.4) is 0 Å². The molecule has 18 heavy (non-hydrogen) atoms. The van der Waals surface area contributed by atoms with Gasteiger partial charge in [0.2, 0.25) is 0 Å². The van der Waals surface area contributed by atoms with Crippen LogP contribution < -0.4 is 10.6 Å². The largest absolute Gasteiger partial charge is 0.373 e. The molecule has 1 aromatic heterocycles. The molecule has 0 aliphatic rings. The van der Waals surface area contributed by atoms with E-state index in [0.717, 1.165) is 11.4 Å². The lowest BCUT2D eigenvalue weighted by molar-refractivity contribution is 0.102. The van der Waals surface area contributed by atoms with Crippen LogP contribution in [0.1, 0.15) is 15.9 Å². The molecule has 92 valence electrons. The number of amides is 1. The van der Waals surface area contributed by atoms with Gasteiger partial charge in [0.15, 0.2) is 0 Å². The lowest BCUT2D eigenvalue weighted by Crippen LogP contribution is -2.12. The highest BCUT2D eigenvalue weighted by Gasteiger charge is 2.05. The summed E-state index contributed by atoms with van der Waals surface area (Å²) >= 11 is 0. The molecular weight excluding hydrogens is 226 g/mol. The molecule has 0 spiro atoms. The van der Waals surface area contributed by atoms with Crippen molar-refractivity contribution in [3.8, 4) is 0 Å². The number of hydrogen-bond acceptors (Lipinski definition) is 3. The Morgan fingerprint density at radius 1 is 1.22 bits per heavy atom. The van der Waals surface area contributed by atoms with Gasteiger partial charge in [0.05, 0.1) is 11.9 Å². The van der Waals surface area contributed by atoms with Crippen molar-refractivity contribution in [2.24, 2.45) is 0 Å². The number of nitrogens with zero attached hydrogens (tertiary/aromatic N) is 1. The predicted molar refractivity (Wildman–Crippen MR) is 72.9 cm³/mol. The van der Waals surface area contributed by atoms with Crippen molar-refractivity contribution >= 4 is 17.4 Å². The smallest absolute Gasteiger partial charge is 0.255 e. The molecule has 0 fully saturated rings. The average molecular weight is 241 g/mol. The minimum Gasteiger partial charge on any atom is -0.373 e. The van der Waals surface area contributed by atoms with E-state index in [1.165, 1.54) is 0 Å². The number of carbonyl (C=O) groups excluding carboxylic acids is 1. The van der Waals surface area contributed by atoms with Crippen LogP contribution in [0.2, 0.25) is 0 Å². The molecular formula is C14H15N3O. The standard InChI is InChI=1S/C14H15N3O/c1-10-4-3-5-11(8-10)14(18)17-12-6-7-13(15-2)16-9-12/h3-9H,1-2H3,(H,15,16)(H,17,18). The normalized spacial score (nSPS) is 9.89. The van der Waals surface area contributed by atoms with Gasteiger partial charge in [-0.25, -0.2) is 4.98 Å². The third kappa shape index (κ3) is 2.85. The fourth-order valence-corrected chi connectivity index (χ4v) is 1.61. The van der Waals surface area contributed by atoms with E-state index in [0.29, 0.717) is 11.3 Å². The van der Waals surface area contributed by atoms with Crippen molar-refractivity contribution in [2.75, 3.05) is 17.7 Å². The number of aromatic nitrogens is 1. The first-order valence-corrected chi connectivity index (χ1v) is 5.71. The molecule has 1 amide bonds. The Kier molecular flexibility index (Phi) is 3.57. The van der Waals surface area contributed by atoms with Gasteiger partial charge in [-0.3, -0.25) is 4.79 Å². The van der Waals surface area contributed by atoms with Crippen LogP contribution in [0.15, 0.2) is 42.6 Å². The quantitative estimate of drug-likeness (QED) is 0.868. The summed E-state index contributed by atoms with van der Waals surface area (Å²) in [7, 11) is 1.80. The summed E-state index contributed by atoms with van der Waals surface area (Å²) in [5, 5.41) is 5.73. The summed E-state index contributed by atoms with van der Waals surface area (Å²) in [6, 6.07) is 11.1. The summed E-state index contributed by atoms with van der Waals surface area (Å²) in [6.45, 7) is 1.96. The van der Waals surface area contributed by atoms with Crippen molar-refractivity contribution in [3.63, 3.8) is 0 Å². The molecule has 2 aromatic rings. The van der Waals surface area contributed by atoms with Gasteiger partial charge >= 0.3 is 0 Å². The first-order chi connectivity index (χ1) is 8.69. The van der Waals surface area contributed by atoms with E-state index in [-0.39, 0.29) is 5.91 Å². The average Bonchev–Trinajstić information content (AvgIpc) is 2.39. The summed E-state index contributed by atoms with van der Waals surface area (Å²) in [6.07, 6.45) is 1.62. The summed E-state index contributed by atoms with van der Waals surface area (Å²) in [5.41, 5.74) is 2.39.